The van der Waals surface area contributed by atoms with Crippen LogP contribution in [0.2, 0.25) is 0 Å². The number of benzene rings is 1. The van der Waals surface area contributed by atoms with E-state index in [2.05, 4.69) is 0 Å². The predicted molar refractivity (Wildman–Crippen MR) is 119 cm³/mol. The zero-order valence-electron chi connectivity index (χ0n) is 20.3. The number of rotatable bonds is 4. The minimum absolute atomic E-state index is 0.0333. The Morgan fingerprint density at radius 3 is 2.30 bits per heavy atom. The second kappa shape index (κ2) is 8.69. The second-order valence-corrected chi connectivity index (χ2v) is 10.7. The molecule has 1 aromatic rings. The molecule has 0 spiro atoms. The fourth-order valence-corrected chi connectivity index (χ4v) is 3.68. The van der Waals surface area contributed by atoms with Crippen LogP contribution in [0.3, 0.4) is 0 Å². The van der Waals surface area contributed by atoms with Crippen molar-refractivity contribution in [2.75, 3.05) is 19.7 Å². The number of hydrogen-bond donors (Lipinski definition) is 0. The lowest BCUT2D eigenvalue weighted by Crippen LogP contribution is -2.41. The molecule has 1 atom stereocenters. The number of carbonyl (C=O) groups excluding carboxylic acids is 1. The van der Waals surface area contributed by atoms with Gasteiger partial charge in [0.05, 0.1) is 23.4 Å². The molecule has 6 nitrogen and oxygen atoms in total. The lowest BCUT2D eigenvalue weighted by Gasteiger charge is -2.32. The predicted octanol–water partition coefficient (Wildman–Crippen LogP) is 4.64. The van der Waals surface area contributed by atoms with Gasteiger partial charge in [-0.25, -0.2) is 4.79 Å². The third-order valence-electron chi connectivity index (χ3n) is 6.26. The molecule has 0 N–H and O–H groups in total. The van der Waals surface area contributed by atoms with E-state index in [4.69, 9.17) is 18.8 Å². The van der Waals surface area contributed by atoms with E-state index in [-0.39, 0.29) is 29.8 Å². The Balaban J connectivity index is 1.74. The maximum absolute atomic E-state index is 13.4. The molecule has 1 aromatic carbocycles. The molecule has 0 saturated carbocycles. The largest absolute Gasteiger partial charge is 0.498 e. The molecule has 1 amide bonds. The van der Waals surface area contributed by atoms with E-state index in [9.17, 15) is 18.0 Å². The standard InChI is InChI=1S/C23H33BF3NO5/c1-20(2,3)31-19(29)28-11-10-15(13-28)14-30-18-9-8-16(23(25,26)27)12-17(18)24-32-21(4,5)22(6,7)33-24/h8-9,12,15H,10-11,13-14H2,1-7H3. The number of hydrogen-bond acceptors (Lipinski definition) is 5. The minimum atomic E-state index is -4.50. The van der Waals surface area contributed by atoms with E-state index in [1.54, 1.807) is 4.90 Å². The Labute approximate surface area is 193 Å². The van der Waals surface area contributed by atoms with Crippen molar-refractivity contribution in [3.63, 3.8) is 0 Å². The van der Waals surface area contributed by atoms with Gasteiger partial charge in [-0.15, -0.1) is 0 Å². The Morgan fingerprint density at radius 2 is 1.76 bits per heavy atom. The highest BCUT2D eigenvalue weighted by atomic mass is 19.4. The van der Waals surface area contributed by atoms with Gasteiger partial charge in [0, 0.05) is 24.5 Å². The first-order valence-electron chi connectivity index (χ1n) is 11.2. The zero-order valence-corrected chi connectivity index (χ0v) is 20.3. The fourth-order valence-electron chi connectivity index (χ4n) is 3.68. The Kier molecular flexibility index (Phi) is 6.76. The van der Waals surface area contributed by atoms with Crippen molar-refractivity contribution in [1.29, 1.82) is 0 Å². The van der Waals surface area contributed by atoms with Crippen LogP contribution in [0.1, 0.15) is 60.5 Å². The molecule has 2 fully saturated rings. The molecule has 0 aliphatic carbocycles. The average molecular weight is 471 g/mol. The third kappa shape index (κ3) is 5.95. The molecule has 2 aliphatic heterocycles. The number of nitrogens with zero attached hydrogens (tertiary/aromatic N) is 1. The van der Waals surface area contributed by atoms with Gasteiger partial charge in [0.1, 0.15) is 11.4 Å². The van der Waals surface area contributed by atoms with Crippen LogP contribution in [0.5, 0.6) is 5.75 Å². The van der Waals surface area contributed by atoms with Crippen molar-refractivity contribution in [2.24, 2.45) is 5.92 Å². The zero-order chi connectivity index (χ0) is 24.8. The molecule has 3 rings (SSSR count). The Bertz CT molecular complexity index is 866. The summed E-state index contributed by atoms with van der Waals surface area (Å²) < 4.78 is 63.5. The molecule has 0 bridgehead atoms. The molecule has 2 heterocycles. The van der Waals surface area contributed by atoms with Crippen molar-refractivity contribution >= 4 is 18.7 Å². The highest BCUT2D eigenvalue weighted by Gasteiger charge is 2.53. The molecular formula is C23H33BF3NO5. The molecule has 33 heavy (non-hydrogen) atoms. The van der Waals surface area contributed by atoms with Gasteiger partial charge in [0.25, 0.3) is 0 Å². The highest BCUT2D eigenvalue weighted by Crippen LogP contribution is 2.38. The topological polar surface area (TPSA) is 57.2 Å². The summed E-state index contributed by atoms with van der Waals surface area (Å²) in [5.74, 6) is 0.308. The number of likely N-dealkylation sites (tertiary alicyclic amines) is 1. The van der Waals surface area contributed by atoms with Crippen molar-refractivity contribution in [3.05, 3.63) is 23.8 Å². The van der Waals surface area contributed by atoms with Crippen LogP contribution in [0.4, 0.5) is 18.0 Å². The van der Waals surface area contributed by atoms with Crippen LogP contribution in [0.15, 0.2) is 18.2 Å². The van der Waals surface area contributed by atoms with Crippen LogP contribution >= 0.6 is 0 Å². The van der Waals surface area contributed by atoms with E-state index in [1.165, 1.54) is 6.07 Å². The molecule has 184 valence electrons. The number of alkyl halides is 3. The summed E-state index contributed by atoms with van der Waals surface area (Å²) >= 11 is 0. The molecule has 10 heteroatoms. The van der Waals surface area contributed by atoms with Gasteiger partial charge in [-0.3, -0.25) is 0 Å². The summed E-state index contributed by atoms with van der Waals surface area (Å²) in [5.41, 5.74) is -2.59. The lowest BCUT2D eigenvalue weighted by molar-refractivity contribution is -0.137. The summed E-state index contributed by atoms with van der Waals surface area (Å²) in [6, 6.07) is 3.33. The van der Waals surface area contributed by atoms with E-state index in [0.717, 1.165) is 12.1 Å². The van der Waals surface area contributed by atoms with Gasteiger partial charge in [0.2, 0.25) is 0 Å². The van der Waals surface area contributed by atoms with E-state index >= 15 is 0 Å². The molecule has 2 aliphatic rings. The van der Waals surface area contributed by atoms with Crippen LogP contribution in [0, 0.1) is 5.92 Å². The maximum atomic E-state index is 13.4. The molecule has 0 aromatic heterocycles. The summed E-state index contributed by atoms with van der Waals surface area (Å²) in [4.78, 5) is 13.9. The van der Waals surface area contributed by atoms with Gasteiger partial charge < -0.3 is 23.7 Å². The average Bonchev–Trinajstić information content (AvgIpc) is 3.20. The van der Waals surface area contributed by atoms with Crippen molar-refractivity contribution in [2.45, 2.75) is 77.9 Å². The van der Waals surface area contributed by atoms with Gasteiger partial charge in [0.15, 0.2) is 0 Å². The number of amides is 1. The molecule has 0 radical (unpaired) electrons. The highest BCUT2D eigenvalue weighted by molar-refractivity contribution is 6.63. The van der Waals surface area contributed by atoms with Crippen LogP contribution in [0.25, 0.3) is 0 Å². The smallest absolute Gasteiger partial charge is 0.494 e. The number of ether oxygens (including phenoxy) is 2. The second-order valence-electron chi connectivity index (χ2n) is 10.7. The van der Waals surface area contributed by atoms with E-state index in [0.29, 0.717) is 19.5 Å². The van der Waals surface area contributed by atoms with Crippen LogP contribution < -0.4 is 10.2 Å². The summed E-state index contributed by atoms with van der Waals surface area (Å²) in [6.07, 6.45) is -4.17. The van der Waals surface area contributed by atoms with Crippen molar-refractivity contribution in [3.8, 4) is 5.75 Å². The summed E-state index contributed by atoms with van der Waals surface area (Å²) in [7, 11) is -0.992. The first-order valence-corrected chi connectivity index (χ1v) is 11.2. The molecule has 2 saturated heterocycles. The van der Waals surface area contributed by atoms with Crippen molar-refractivity contribution < 1.29 is 36.7 Å². The first-order chi connectivity index (χ1) is 15.0. The molecule has 1 unspecified atom stereocenters. The third-order valence-corrected chi connectivity index (χ3v) is 6.26. The van der Waals surface area contributed by atoms with E-state index < -0.39 is 35.7 Å². The van der Waals surface area contributed by atoms with Crippen molar-refractivity contribution in [1.82, 2.24) is 4.90 Å². The Hall–Kier alpha value is -1.94. The van der Waals surface area contributed by atoms with Crippen LogP contribution in [-0.2, 0) is 20.2 Å². The van der Waals surface area contributed by atoms with Gasteiger partial charge in [-0.05, 0) is 73.1 Å². The first kappa shape index (κ1) is 25.7. The lowest BCUT2D eigenvalue weighted by atomic mass is 9.77. The fraction of sp³-hybridized carbons (Fsp3) is 0.696. The van der Waals surface area contributed by atoms with Crippen LogP contribution in [-0.4, -0.2) is 54.6 Å². The minimum Gasteiger partial charge on any atom is -0.494 e. The SMILES string of the molecule is CC(C)(C)OC(=O)N1CCC(COc2ccc(C(F)(F)F)cc2B2OC(C)(C)C(C)(C)O2)C1. The maximum Gasteiger partial charge on any atom is 0.498 e. The normalized spacial score (nSPS) is 22.5. The quantitative estimate of drug-likeness (QED) is 0.599. The molecular weight excluding hydrogens is 438 g/mol. The van der Waals surface area contributed by atoms with E-state index in [1.807, 2.05) is 48.5 Å². The summed E-state index contributed by atoms with van der Waals surface area (Å²) in [5, 5.41) is 0. The number of carbonyl (C=O) groups is 1. The number of halogens is 3. The van der Waals surface area contributed by atoms with Gasteiger partial charge in [-0.1, -0.05) is 0 Å². The van der Waals surface area contributed by atoms with Gasteiger partial charge in [-0.2, -0.15) is 13.2 Å². The monoisotopic (exact) mass is 471 g/mol. The van der Waals surface area contributed by atoms with Gasteiger partial charge >= 0.3 is 19.4 Å². The Morgan fingerprint density at radius 1 is 1.15 bits per heavy atom. The summed E-state index contributed by atoms with van der Waals surface area (Å²) in [6.45, 7) is 14.0.